The lowest BCUT2D eigenvalue weighted by Crippen LogP contribution is -2.37. The van der Waals surface area contributed by atoms with Crippen molar-refractivity contribution < 1.29 is 4.79 Å². The summed E-state index contributed by atoms with van der Waals surface area (Å²) in [7, 11) is 0. The molecule has 2 aliphatic heterocycles. The smallest absolute Gasteiger partial charge is 0.227 e. The van der Waals surface area contributed by atoms with E-state index in [0.29, 0.717) is 13.1 Å². The van der Waals surface area contributed by atoms with E-state index in [0.717, 1.165) is 42.3 Å². The maximum Gasteiger partial charge on any atom is 0.227 e. The number of likely N-dealkylation sites (tertiary alicyclic amines) is 1. The maximum atomic E-state index is 12.8. The molecule has 2 aliphatic rings. The molecule has 1 aromatic heterocycles. The average molecular weight is 336 g/mol. The van der Waals surface area contributed by atoms with Gasteiger partial charge in [0.05, 0.1) is 12.2 Å². The van der Waals surface area contributed by atoms with Gasteiger partial charge in [-0.1, -0.05) is 37.3 Å². The van der Waals surface area contributed by atoms with Crippen LogP contribution in [-0.2, 0) is 17.9 Å². The van der Waals surface area contributed by atoms with Gasteiger partial charge >= 0.3 is 0 Å². The molecule has 0 unspecified atom stereocenters. The third kappa shape index (κ3) is 3.42. The molecule has 3 heterocycles. The van der Waals surface area contributed by atoms with Gasteiger partial charge in [-0.25, -0.2) is 9.97 Å². The summed E-state index contributed by atoms with van der Waals surface area (Å²) in [6.45, 7) is 6.40. The fraction of sp³-hybridized carbons (Fsp3) is 0.450. The Balaban J connectivity index is 1.44. The lowest BCUT2D eigenvalue weighted by molar-refractivity contribution is -0.136. The highest BCUT2D eigenvalue weighted by Gasteiger charge is 2.29. The van der Waals surface area contributed by atoms with Gasteiger partial charge < -0.3 is 9.80 Å². The fourth-order valence-corrected chi connectivity index (χ4v) is 3.78. The van der Waals surface area contributed by atoms with Gasteiger partial charge in [-0.15, -0.1) is 0 Å². The molecule has 130 valence electrons. The molecule has 5 nitrogen and oxygen atoms in total. The van der Waals surface area contributed by atoms with Crippen molar-refractivity contribution in [3.63, 3.8) is 0 Å². The first-order chi connectivity index (χ1) is 12.2. The van der Waals surface area contributed by atoms with E-state index in [4.69, 9.17) is 4.98 Å². The summed E-state index contributed by atoms with van der Waals surface area (Å²) in [6.07, 6.45) is 4.39. The van der Waals surface area contributed by atoms with E-state index < -0.39 is 0 Å². The number of amides is 1. The van der Waals surface area contributed by atoms with Gasteiger partial charge in [-0.3, -0.25) is 4.79 Å². The molecule has 1 aromatic carbocycles. The lowest BCUT2D eigenvalue weighted by atomic mass is 10.1. The van der Waals surface area contributed by atoms with Crippen molar-refractivity contribution in [2.24, 2.45) is 5.92 Å². The summed E-state index contributed by atoms with van der Waals surface area (Å²) >= 11 is 0. The summed E-state index contributed by atoms with van der Waals surface area (Å²) < 4.78 is 0. The van der Waals surface area contributed by atoms with Crippen LogP contribution in [0.1, 0.15) is 31.0 Å². The molecule has 0 aliphatic carbocycles. The number of benzene rings is 1. The van der Waals surface area contributed by atoms with Crippen LogP contribution in [-0.4, -0.2) is 45.3 Å². The first-order valence-electron chi connectivity index (χ1n) is 9.12. The fourth-order valence-electron chi connectivity index (χ4n) is 3.78. The van der Waals surface area contributed by atoms with Crippen LogP contribution in [0.15, 0.2) is 36.5 Å². The van der Waals surface area contributed by atoms with Crippen LogP contribution in [0, 0.1) is 5.92 Å². The molecule has 1 atom stereocenters. The van der Waals surface area contributed by atoms with E-state index in [9.17, 15) is 4.79 Å². The van der Waals surface area contributed by atoms with Crippen LogP contribution >= 0.6 is 0 Å². The summed E-state index contributed by atoms with van der Waals surface area (Å²) in [5.41, 5.74) is 3.06. The minimum Gasteiger partial charge on any atom is -0.332 e. The van der Waals surface area contributed by atoms with E-state index in [1.54, 1.807) is 0 Å². The second-order valence-electron chi connectivity index (χ2n) is 7.13. The van der Waals surface area contributed by atoms with Crippen LogP contribution in [0.3, 0.4) is 0 Å². The van der Waals surface area contributed by atoms with E-state index >= 15 is 0 Å². The Morgan fingerprint density at radius 3 is 2.68 bits per heavy atom. The molecule has 2 aromatic rings. The maximum absolute atomic E-state index is 12.8. The molecule has 5 heteroatoms. The van der Waals surface area contributed by atoms with Crippen molar-refractivity contribution in [2.75, 3.05) is 19.6 Å². The molecule has 0 radical (unpaired) electrons. The molecule has 0 bridgehead atoms. The van der Waals surface area contributed by atoms with Gasteiger partial charge in [-0.05, 0) is 25.9 Å². The Morgan fingerprint density at radius 2 is 1.92 bits per heavy atom. The number of nitrogens with zero attached hydrogens (tertiary/aromatic N) is 4. The minimum atomic E-state index is 0.0361. The first kappa shape index (κ1) is 16.2. The molecule has 4 rings (SSSR count). The summed E-state index contributed by atoms with van der Waals surface area (Å²) in [6, 6.07) is 9.98. The Labute approximate surface area is 148 Å². The molecule has 0 N–H and O–H groups in total. The topological polar surface area (TPSA) is 49.3 Å². The number of fused-ring (bicyclic) bond motifs is 1. The summed E-state index contributed by atoms with van der Waals surface area (Å²) in [5.74, 6) is 0.999. The third-order valence-corrected chi connectivity index (χ3v) is 5.15. The molecule has 0 saturated carbocycles. The van der Waals surface area contributed by atoms with Gasteiger partial charge in [0.1, 0.15) is 0 Å². The summed E-state index contributed by atoms with van der Waals surface area (Å²) in [4.78, 5) is 26.3. The predicted octanol–water partition coefficient (Wildman–Crippen LogP) is 2.72. The highest BCUT2D eigenvalue weighted by Crippen LogP contribution is 2.25. The van der Waals surface area contributed by atoms with Crippen molar-refractivity contribution >= 4 is 5.91 Å². The van der Waals surface area contributed by atoms with E-state index in [1.807, 2.05) is 48.4 Å². The quantitative estimate of drug-likeness (QED) is 0.861. The SMILES string of the molecule is C[C@H](CN1CCCC1)C(=O)N1Cc2cnc(-c3ccccc3)nc2C1. The zero-order chi connectivity index (χ0) is 17.2. The Morgan fingerprint density at radius 1 is 1.16 bits per heavy atom. The third-order valence-electron chi connectivity index (χ3n) is 5.15. The Hall–Kier alpha value is -2.27. The van der Waals surface area contributed by atoms with Crippen LogP contribution in [0.4, 0.5) is 0 Å². The standard InChI is InChI=1S/C20H24N4O/c1-15(12-23-9-5-6-10-23)20(25)24-13-17-11-21-19(22-18(17)14-24)16-7-3-2-4-8-16/h2-4,7-8,11,15H,5-6,9-10,12-14H2,1H3/t15-/m1/s1. The van der Waals surface area contributed by atoms with Crippen molar-refractivity contribution in [2.45, 2.75) is 32.9 Å². The van der Waals surface area contributed by atoms with Gasteiger partial charge in [0.15, 0.2) is 5.82 Å². The van der Waals surface area contributed by atoms with Gasteiger partial charge in [-0.2, -0.15) is 0 Å². The highest BCUT2D eigenvalue weighted by atomic mass is 16.2. The number of rotatable bonds is 4. The van der Waals surface area contributed by atoms with Crippen molar-refractivity contribution in [3.05, 3.63) is 47.8 Å². The van der Waals surface area contributed by atoms with Crippen LogP contribution in [0.25, 0.3) is 11.4 Å². The second kappa shape index (κ2) is 6.92. The number of carbonyl (C=O) groups excluding carboxylic acids is 1. The lowest BCUT2D eigenvalue weighted by Gasteiger charge is -2.24. The second-order valence-corrected chi connectivity index (χ2v) is 7.13. The average Bonchev–Trinajstić information content (AvgIpc) is 3.30. The molecule has 25 heavy (non-hydrogen) atoms. The van der Waals surface area contributed by atoms with Crippen molar-refractivity contribution in [1.82, 2.24) is 19.8 Å². The number of hydrogen-bond donors (Lipinski definition) is 0. The van der Waals surface area contributed by atoms with Gasteiger partial charge in [0, 0.05) is 36.3 Å². The molecule has 0 spiro atoms. The number of carbonyl (C=O) groups is 1. The number of hydrogen-bond acceptors (Lipinski definition) is 4. The van der Waals surface area contributed by atoms with Gasteiger partial charge in [0.25, 0.3) is 0 Å². The summed E-state index contributed by atoms with van der Waals surface area (Å²) in [5, 5.41) is 0. The van der Waals surface area contributed by atoms with Gasteiger partial charge in [0.2, 0.25) is 5.91 Å². The van der Waals surface area contributed by atoms with E-state index in [2.05, 4.69) is 9.88 Å². The molecular weight excluding hydrogens is 312 g/mol. The normalized spacial score (nSPS) is 18.4. The zero-order valence-electron chi connectivity index (χ0n) is 14.7. The minimum absolute atomic E-state index is 0.0361. The first-order valence-corrected chi connectivity index (χ1v) is 9.12. The molecular formula is C20H24N4O. The van der Waals surface area contributed by atoms with Crippen molar-refractivity contribution in [3.8, 4) is 11.4 Å². The monoisotopic (exact) mass is 336 g/mol. The van der Waals surface area contributed by atoms with Crippen LogP contribution < -0.4 is 0 Å². The largest absolute Gasteiger partial charge is 0.332 e. The molecule has 1 fully saturated rings. The highest BCUT2D eigenvalue weighted by molar-refractivity contribution is 5.79. The van der Waals surface area contributed by atoms with Crippen molar-refractivity contribution in [1.29, 1.82) is 0 Å². The zero-order valence-corrected chi connectivity index (χ0v) is 14.7. The van der Waals surface area contributed by atoms with Crippen LogP contribution in [0.5, 0.6) is 0 Å². The predicted molar refractivity (Wildman–Crippen MR) is 96.6 cm³/mol. The molecule has 1 saturated heterocycles. The van der Waals surface area contributed by atoms with E-state index in [-0.39, 0.29) is 11.8 Å². The Bertz CT molecular complexity index is 756. The van der Waals surface area contributed by atoms with E-state index in [1.165, 1.54) is 12.8 Å². The Kier molecular flexibility index (Phi) is 4.49. The molecule has 1 amide bonds. The van der Waals surface area contributed by atoms with Crippen LogP contribution in [0.2, 0.25) is 0 Å². The number of aromatic nitrogens is 2.